The quantitative estimate of drug-likeness (QED) is 0.714. The van der Waals surface area contributed by atoms with Gasteiger partial charge in [-0.3, -0.25) is 4.99 Å². The van der Waals surface area contributed by atoms with Crippen molar-refractivity contribution in [3.63, 3.8) is 0 Å². The summed E-state index contributed by atoms with van der Waals surface area (Å²) in [6.07, 6.45) is 3.98. The maximum atomic E-state index is 4.32. The van der Waals surface area contributed by atoms with Crippen molar-refractivity contribution in [3.05, 3.63) is 65.2 Å². The van der Waals surface area contributed by atoms with Gasteiger partial charge in [0, 0.05) is 12.6 Å². The highest BCUT2D eigenvalue weighted by molar-refractivity contribution is 5.75. The Morgan fingerprint density at radius 3 is 2.69 bits per heavy atom. The predicted molar refractivity (Wildman–Crippen MR) is 67.5 cm³/mol. The Morgan fingerprint density at radius 2 is 1.81 bits per heavy atom. The van der Waals surface area contributed by atoms with Crippen LogP contribution in [0.15, 0.2) is 53.5 Å². The number of rotatable bonds is 2. The molecule has 1 nitrogen and oxygen atoms in total. The molecule has 0 aliphatic carbocycles. The highest BCUT2D eigenvalue weighted by Crippen LogP contribution is 2.25. The number of benzene rings is 2. The van der Waals surface area contributed by atoms with Crippen molar-refractivity contribution >= 4 is 11.9 Å². The van der Waals surface area contributed by atoms with E-state index in [1.165, 1.54) is 16.7 Å². The average Bonchev–Trinajstić information content (AvgIpc) is 2.77. The average molecular weight is 207 g/mol. The summed E-state index contributed by atoms with van der Waals surface area (Å²) in [6, 6.07) is 17.1. The molecule has 0 amide bonds. The van der Waals surface area contributed by atoms with Crippen LogP contribution in [0.4, 0.5) is 5.69 Å². The lowest BCUT2D eigenvalue weighted by Crippen LogP contribution is -1.89. The Balaban J connectivity index is 1.87. The first-order valence-electron chi connectivity index (χ1n) is 5.60. The van der Waals surface area contributed by atoms with Gasteiger partial charge in [0.25, 0.3) is 0 Å². The van der Waals surface area contributed by atoms with Crippen LogP contribution in [0.25, 0.3) is 0 Å². The molecule has 3 rings (SSSR count). The minimum Gasteiger partial charge on any atom is -0.261 e. The lowest BCUT2D eigenvalue weighted by molar-refractivity contribution is 1.18. The Labute approximate surface area is 95.5 Å². The normalized spacial score (nSPS) is 12.8. The number of hydrogen-bond acceptors (Lipinski definition) is 1. The van der Waals surface area contributed by atoms with Gasteiger partial charge in [0.15, 0.2) is 0 Å². The molecule has 1 aliphatic rings. The van der Waals surface area contributed by atoms with E-state index < -0.39 is 0 Å². The molecule has 0 fully saturated rings. The third-order valence-electron chi connectivity index (χ3n) is 2.94. The summed E-state index contributed by atoms with van der Waals surface area (Å²) in [4.78, 5) is 4.32. The maximum absolute atomic E-state index is 4.32. The van der Waals surface area contributed by atoms with Crippen molar-refractivity contribution in [2.75, 3.05) is 0 Å². The summed E-state index contributed by atoms with van der Waals surface area (Å²) in [5.74, 6) is 0. The van der Waals surface area contributed by atoms with Crippen LogP contribution in [0.5, 0.6) is 0 Å². The fraction of sp³-hybridized carbons (Fsp3) is 0.133. The minimum atomic E-state index is 0.984. The van der Waals surface area contributed by atoms with Crippen LogP contribution in [0.1, 0.15) is 16.7 Å². The van der Waals surface area contributed by atoms with Gasteiger partial charge >= 0.3 is 0 Å². The maximum Gasteiger partial charge on any atom is 0.0661 e. The molecule has 0 radical (unpaired) electrons. The van der Waals surface area contributed by atoms with E-state index in [9.17, 15) is 0 Å². The van der Waals surface area contributed by atoms with E-state index in [0.717, 1.165) is 18.5 Å². The Hall–Kier alpha value is -1.89. The van der Waals surface area contributed by atoms with Crippen LogP contribution in [-0.2, 0) is 12.8 Å². The Bertz CT molecular complexity index is 526. The summed E-state index contributed by atoms with van der Waals surface area (Å²) in [5.41, 5.74) is 5.22. The molecule has 2 aromatic carbocycles. The Morgan fingerprint density at radius 1 is 0.938 bits per heavy atom. The second-order valence-electron chi connectivity index (χ2n) is 4.14. The lowest BCUT2D eigenvalue weighted by Gasteiger charge is -2.04. The molecule has 0 N–H and O–H groups in total. The summed E-state index contributed by atoms with van der Waals surface area (Å²) >= 11 is 0. The van der Waals surface area contributed by atoms with Gasteiger partial charge < -0.3 is 0 Å². The molecule has 16 heavy (non-hydrogen) atoms. The zero-order chi connectivity index (χ0) is 10.8. The highest BCUT2D eigenvalue weighted by Gasteiger charge is 2.06. The van der Waals surface area contributed by atoms with Crippen LogP contribution in [-0.4, -0.2) is 6.21 Å². The van der Waals surface area contributed by atoms with Crippen molar-refractivity contribution in [1.29, 1.82) is 0 Å². The molecule has 2 aromatic rings. The van der Waals surface area contributed by atoms with E-state index in [-0.39, 0.29) is 0 Å². The summed E-state index contributed by atoms with van der Waals surface area (Å²) in [6.45, 7) is 0. The smallest absolute Gasteiger partial charge is 0.0661 e. The molecule has 0 bridgehead atoms. The van der Waals surface area contributed by atoms with Crippen molar-refractivity contribution in [3.8, 4) is 0 Å². The van der Waals surface area contributed by atoms with Crippen LogP contribution in [0.2, 0.25) is 0 Å². The first kappa shape index (κ1) is 9.34. The molecule has 0 saturated carbocycles. The van der Waals surface area contributed by atoms with Crippen molar-refractivity contribution in [1.82, 2.24) is 0 Å². The van der Waals surface area contributed by atoms with Crippen LogP contribution in [0, 0.1) is 0 Å². The lowest BCUT2D eigenvalue weighted by atomic mass is 10.0. The molecular weight excluding hydrogens is 194 g/mol. The van der Waals surface area contributed by atoms with E-state index in [0.29, 0.717) is 0 Å². The summed E-state index contributed by atoms with van der Waals surface area (Å²) in [5, 5.41) is 0. The fourth-order valence-electron chi connectivity index (χ4n) is 2.11. The van der Waals surface area contributed by atoms with Crippen molar-refractivity contribution in [2.24, 2.45) is 4.99 Å². The highest BCUT2D eigenvalue weighted by atomic mass is 14.7. The van der Waals surface area contributed by atoms with Gasteiger partial charge in [0.05, 0.1) is 5.69 Å². The third kappa shape index (κ3) is 1.76. The molecule has 0 saturated heterocycles. The summed E-state index contributed by atoms with van der Waals surface area (Å²) in [7, 11) is 0. The molecule has 1 heteroatoms. The van der Waals surface area contributed by atoms with Crippen LogP contribution in [0.3, 0.4) is 0 Å². The summed E-state index contributed by atoms with van der Waals surface area (Å²) < 4.78 is 0. The van der Waals surface area contributed by atoms with Crippen molar-refractivity contribution < 1.29 is 0 Å². The standard InChI is InChI=1S/C15H13N/c1-2-4-12(5-3-1)10-13-6-7-15-14(11-13)8-9-16-15/h1-7,9,11H,8,10H2. The van der Waals surface area contributed by atoms with E-state index in [1.807, 2.05) is 6.21 Å². The molecule has 0 aromatic heterocycles. The van der Waals surface area contributed by atoms with Crippen LogP contribution >= 0.6 is 0 Å². The van der Waals surface area contributed by atoms with Gasteiger partial charge in [-0.05, 0) is 29.2 Å². The second-order valence-corrected chi connectivity index (χ2v) is 4.14. The first-order chi connectivity index (χ1) is 7.92. The zero-order valence-electron chi connectivity index (χ0n) is 9.06. The predicted octanol–water partition coefficient (Wildman–Crippen LogP) is 3.54. The first-order valence-corrected chi connectivity index (χ1v) is 5.60. The third-order valence-corrected chi connectivity index (χ3v) is 2.94. The van der Waals surface area contributed by atoms with E-state index in [1.54, 1.807) is 0 Å². The van der Waals surface area contributed by atoms with Gasteiger partial charge in [-0.2, -0.15) is 0 Å². The topological polar surface area (TPSA) is 12.4 Å². The second kappa shape index (κ2) is 3.93. The van der Waals surface area contributed by atoms with Gasteiger partial charge in [0.2, 0.25) is 0 Å². The minimum absolute atomic E-state index is 0.984. The Kier molecular flexibility index (Phi) is 2.30. The number of nitrogens with zero attached hydrogens (tertiary/aromatic N) is 1. The number of fused-ring (bicyclic) bond motifs is 1. The van der Waals surface area contributed by atoms with Gasteiger partial charge in [-0.1, -0.05) is 42.5 Å². The SMILES string of the molecule is C1=Nc2ccc(Cc3ccccc3)cc2C1. The fourth-order valence-corrected chi connectivity index (χ4v) is 2.11. The molecule has 1 aliphatic heterocycles. The van der Waals surface area contributed by atoms with Gasteiger partial charge in [0.1, 0.15) is 0 Å². The molecular formula is C15H13N. The molecule has 1 heterocycles. The van der Waals surface area contributed by atoms with E-state index in [2.05, 4.69) is 53.5 Å². The van der Waals surface area contributed by atoms with Gasteiger partial charge in [-0.15, -0.1) is 0 Å². The van der Waals surface area contributed by atoms with Crippen molar-refractivity contribution in [2.45, 2.75) is 12.8 Å². The number of aliphatic imine (C=N–C) groups is 1. The van der Waals surface area contributed by atoms with Gasteiger partial charge in [-0.25, -0.2) is 0 Å². The number of hydrogen-bond donors (Lipinski definition) is 0. The zero-order valence-corrected chi connectivity index (χ0v) is 9.06. The molecule has 0 unspecified atom stereocenters. The van der Waals surface area contributed by atoms with E-state index in [4.69, 9.17) is 0 Å². The molecule has 0 atom stereocenters. The molecule has 78 valence electrons. The molecule has 0 spiro atoms. The largest absolute Gasteiger partial charge is 0.261 e. The van der Waals surface area contributed by atoms with E-state index >= 15 is 0 Å². The van der Waals surface area contributed by atoms with Crippen LogP contribution < -0.4 is 0 Å². The monoisotopic (exact) mass is 207 g/mol.